The topological polar surface area (TPSA) is 86.5 Å². The molecule has 0 saturated carbocycles. The fourth-order valence-electron chi connectivity index (χ4n) is 1.68. The molecule has 1 rings (SSSR count). The van der Waals surface area contributed by atoms with E-state index >= 15 is 0 Å². The van der Waals surface area contributed by atoms with Gasteiger partial charge in [-0.3, -0.25) is 0 Å². The summed E-state index contributed by atoms with van der Waals surface area (Å²) >= 11 is 0. The van der Waals surface area contributed by atoms with Crippen molar-refractivity contribution in [3.63, 3.8) is 0 Å². The van der Waals surface area contributed by atoms with Crippen LogP contribution in [0.5, 0.6) is 0 Å². The lowest BCUT2D eigenvalue weighted by atomic mass is 10.2. The Morgan fingerprint density at radius 2 is 2.26 bits per heavy atom. The van der Waals surface area contributed by atoms with E-state index in [0.29, 0.717) is 37.6 Å². The molecule has 0 aliphatic rings. The van der Waals surface area contributed by atoms with Crippen molar-refractivity contribution in [2.45, 2.75) is 13.3 Å². The monoisotopic (exact) mass is 263 g/mol. The second-order valence-electron chi connectivity index (χ2n) is 4.00. The average Bonchev–Trinajstić information content (AvgIpc) is 2.38. The number of pyridine rings is 1. The van der Waals surface area contributed by atoms with Gasteiger partial charge in [-0.1, -0.05) is 0 Å². The third kappa shape index (κ3) is 4.23. The summed E-state index contributed by atoms with van der Waals surface area (Å²) in [4.78, 5) is 17.1. The van der Waals surface area contributed by atoms with Crippen molar-refractivity contribution in [3.05, 3.63) is 23.4 Å². The number of nitrogens with zero attached hydrogens (tertiary/aromatic N) is 3. The van der Waals surface area contributed by atoms with Crippen LogP contribution in [0.4, 0.5) is 5.82 Å². The molecule has 1 aromatic rings. The zero-order valence-corrected chi connectivity index (χ0v) is 11.1. The first-order valence-electron chi connectivity index (χ1n) is 5.92. The Hall–Kier alpha value is -2.13. The zero-order chi connectivity index (χ0) is 14.3. The van der Waals surface area contributed by atoms with Crippen LogP contribution in [-0.4, -0.2) is 42.9 Å². The molecule has 0 aliphatic carbocycles. The van der Waals surface area contributed by atoms with Gasteiger partial charge in [0.25, 0.3) is 0 Å². The number of aryl methyl sites for hydroxylation is 1. The number of anilines is 1. The van der Waals surface area contributed by atoms with Crippen LogP contribution in [0.15, 0.2) is 12.1 Å². The van der Waals surface area contributed by atoms with Crippen molar-refractivity contribution >= 4 is 11.8 Å². The van der Waals surface area contributed by atoms with Crippen LogP contribution in [0.3, 0.4) is 0 Å². The van der Waals surface area contributed by atoms with Crippen LogP contribution in [-0.2, 0) is 4.74 Å². The molecule has 0 amide bonds. The molecule has 0 aromatic carbocycles. The lowest BCUT2D eigenvalue weighted by Gasteiger charge is -2.22. The van der Waals surface area contributed by atoms with Crippen molar-refractivity contribution in [2.24, 2.45) is 0 Å². The van der Waals surface area contributed by atoms with E-state index in [-0.39, 0.29) is 5.56 Å². The highest BCUT2D eigenvalue weighted by molar-refractivity contribution is 5.89. The molecule has 0 bridgehead atoms. The molecule has 0 unspecified atom stereocenters. The average molecular weight is 263 g/mol. The predicted octanol–water partition coefficient (Wildman–Crippen LogP) is 1.45. The Balaban J connectivity index is 2.92. The minimum Gasteiger partial charge on any atom is -0.478 e. The number of nitriles is 1. The van der Waals surface area contributed by atoms with Crippen LogP contribution < -0.4 is 4.90 Å². The van der Waals surface area contributed by atoms with Gasteiger partial charge in [-0.2, -0.15) is 5.26 Å². The molecule has 6 nitrogen and oxygen atoms in total. The second-order valence-corrected chi connectivity index (χ2v) is 4.00. The molecule has 1 aromatic heterocycles. The number of methoxy groups -OCH3 is 1. The van der Waals surface area contributed by atoms with E-state index in [9.17, 15) is 4.79 Å². The highest BCUT2D eigenvalue weighted by Crippen LogP contribution is 2.15. The largest absolute Gasteiger partial charge is 0.478 e. The second kappa shape index (κ2) is 7.34. The Kier molecular flexibility index (Phi) is 5.76. The Bertz CT molecular complexity index is 483. The molecule has 6 heteroatoms. The SMILES string of the molecule is COCCN(CCC#N)c1ccc(C(=O)O)c(C)n1. The summed E-state index contributed by atoms with van der Waals surface area (Å²) < 4.78 is 5.02. The molecule has 0 saturated heterocycles. The summed E-state index contributed by atoms with van der Waals surface area (Å²) in [5, 5.41) is 17.6. The van der Waals surface area contributed by atoms with Gasteiger partial charge >= 0.3 is 5.97 Å². The number of carboxylic acids is 1. The molecule has 19 heavy (non-hydrogen) atoms. The van der Waals surface area contributed by atoms with E-state index in [4.69, 9.17) is 15.1 Å². The molecule has 1 heterocycles. The Morgan fingerprint density at radius 3 is 2.79 bits per heavy atom. The number of carboxylic acid groups (broad SMARTS) is 1. The maximum absolute atomic E-state index is 10.9. The summed E-state index contributed by atoms with van der Waals surface area (Å²) in [6.07, 6.45) is 0.380. The molecule has 1 N–H and O–H groups in total. The number of hydrogen-bond acceptors (Lipinski definition) is 5. The molecule has 0 radical (unpaired) electrons. The molecule has 0 spiro atoms. The number of aromatic carboxylic acids is 1. The minimum absolute atomic E-state index is 0.190. The van der Waals surface area contributed by atoms with Crippen molar-refractivity contribution in [1.29, 1.82) is 5.26 Å². The van der Waals surface area contributed by atoms with E-state index in [2.05, 4.69) is 11.1 Å². The first kappa shape index (κ1) is 14.9. The highest BCUT2D eigenvalue weighted by atomic mass is 16.5. The van der Waals surface area contributed by atoms with E-state index in [1.165, 1.54) is 6.07 Å². The molecule has 0 atom stereocenters. The summed E-state index contributed by atoms with van der Waals surface area (Å²) in [7, 11) is 1.61. The van der Waals surface area contributed by atoms with Crippen molar-refractivity contribution in [3.8, 4) is 6.07 Å². The molecular weight excluding hydrogens is 246 g/mol. The van der Waals surface area contributed by atoms with E-state index < -0.39 is 5.97 Å². The Labute approximate surface area is 112 Å². The van der Waals surface area contributed by atoms with Gasteiger partial charge in [0.2, 0.25) is 0 Å². The van der Waals surface area contributed by atoms with Crippen LogP contribution in [0.25, 0.3) is 0 Å². The van der Waals surface area contributed by atoms with Gasteiger partial charge in [-0.25, -0.2) is 9.78 Å². The van der Waals surface area contributed by atoms with Gasteiger partial charge in [0.1, 0.15) is 5.82 Å². The third-order valence-corrected chi connectivity index (χ3v) is 2.68. The van der Waals surface area contributed by atoms with E-state index in [0.717, 1.165) is 0 Å². The first-order chi connectivity index (χ1) is 9.10. The van der Waals surface area contributed by atoms with Gasteiger partial charge in [-0.05, 0) is 19.1 Å². The van der Waals surface area contributed by atoms with Gasteiger partial charge in [0.05, 0.1) is 30.4 Å². The molecule has 0 aliphatic heterocycles. The summed E-state index contributed by atoms with van der Waals surface area (Å²) in [6, 6.07) is 5.27. The Morgan fingerprint density at radius 1 is 1.53 bits per heavy atom. The number of carbonyl (C=O) groups is 1. The molecular formula is C13H17N3O3. The van der Waals surface area contributed by atoms with Crippen molar-refractivity contribution in [1.82, 2.24) is 4.98 Å². The third-order valence-electron chi connectivity index (χ3n) is 2.68. The highest BCUT2D eigenvalue weighted by Gasteiger charge is 2.12. The van der Waals surface area contributed by atoms with Gasteiger partial charge < -0.3 is 14.7 Å². The van der Waals surface area contributed by atoms with Crippen LogP contribution in [0.1, 0.15) is 22.5 Å². The zero-order valence-electron chi connectivity index (χ0n) is 11.1. The van der Waals surface area contributed by atoms with E-state index in [1.807, 2.05) is 4.90 Å². The summed E-state index contributed by atoms with van der Waals surface area (Å²) in [6.45, 7) is 3.33. The number of hydrogen-bond donors (Lipinski definition) is 1. The fraction of sp³-hybridized carbons (Fsp3) is 0.462. The maximum Gasteiger partial charge on any atom is 0.337 e. The quantitative estimate of drug-likeness (QED) is 0.801. The van der Waals surface area contributed by atoms with Crippen LogP contribution in [0, 0.1) is 18.3 Å². The van der Waals surface area contributed by atoms with Crippen LogP contribution in [0.2, 0.25) is 0 Å². The first-order valence-corrected chi connectivity index (χ1v) is 5.92. The number of rotatable bonds is 7. The molecule has 0 fully saturated rings. The lowest BCUT2D eigenvalue weighted by molar-refractivity contribution is 0.0695. The number of aromatic nitrogens is 1. The standard InChI is InChI=1S/C13H17N3O3/c1-10-11(13(17)18)4-5-12(15-10)16(7-3-6-14)8-9-19-2/h4-5H,3,7-9H2,1-2H3,(H,17,18). The van der Waals surface area contributed by atoms with Crippen LogP contribution >= 0.6 is 0 Å². The van der Waals surface area contributed by atoms with Crippen molar-refractivity contribution < 1.29 is 14.6 Å². The predicted molar refractivity (Wildman–Crippen MR) is 70.3 cm³/mol. The van der Waals surface area contributed by atoms with Gasteiger partial charge in [0.15, 0.2) is 0 Å². The van der Waals surface area contributed by atoms with E-state index in [1.54, 1.807) is 20.1 Å². The fourth-order valence-corrected chi connectivity index (χ4v) is 1.68. The smallest absolute Gasteiger partial charge is 0.337 e. The maximum atomic E-state index is 10.9. The number of ether oxygens (including phenoxy) is 1. The molecule has 102 valence electrons. The minimum atomic E-state index is -0.989. The van der Waals surface area contributed by atoms with Crippen molar-refractivity contribution in [2.75, 3.05) is 31.7 Å². The van der Waals surface area contributed by atoms with Gasteiger partial charge in [-0.15, -0.1) is 0 Å². The lowest BCUT2D eigenvalue weighted by Crippen LogP contribution is -2.29. The summed E-state index contributed by atoms with van der Waals surface area (Å²) in [5.74, 6) is -0.327. The van der Waals surface area contributed by atoms with Gasteiger partial charge in [0, 0.05) is 20.2 Å². The normalized spacial score (nSPS) is 9.95. The summed E-state index contributed by atoms with van der Waals surface area (Å²) in [5.41, 5.74) is 0.653.